The maximum atomic E-state index is 12.9. The van der Waals surface area contributed by atoms with Crippen LogP contribution in [-0.4, -0.2) is 45.0 Å². The van der Waals surface area contributed by atoms with Gasteiger partial charge in [0.1, 0.15) is 10.3 Å². The Morgan fingerprint density at radius 3 is 2.36 bits per heavy atom. The highest BCUT2D eigenvalue weighted by molar-refractivity contribution is 7.94. The quantitative estimate of drug-likeness (QED) is 0.502. The molecule has 1 saturated heterocycles. The summed E-state index contributed by atoms with van der Waals surface area (Å²) in [5.41, 5.74) is 0.940. The van der Waals surface area contributed by atoms with E-state index in [1.165, 1.54) is 0 Å². The summed E-state index contributed by atoms with van der Waals surface area (Å²) < 4.78 is 39.3. The van der Waals surface area contributed by atoms with Crippen molar-refractivity contribution in [3.63, 3.8) is 0 Å². The van der Waals surface area contributed by atoms with E-state index >= 15 is 0 Å². The van der Waals surface area contributed by atoms with Gasteiger partial charge in [-0.3, -0.25) is 9.52 Å². The molecule has 0 radical (unpaired) electrons. The Hall–Kier alpha value is -3.04. The number of carbonyl (C=O) groups excluding carboxylic acids is 1. The van der Waals surface area contributed by atoms with E-state index in [0.717, 1.165) is 35.7 Å². The standard InChI is InChI=1S/C24H26N2O5S2/c1-2-30-21-6-3-4-7-22(21)31-20-13-15-26(16-14-20)24(27)18-9-11-19(12-10-18)25-33(28,29)23-8-5-17-32-23/h3-12,17,20,25H,2,13-16H2,1H3. The van der Waals surface area contributed by atoms with Crippen molar-refractivity contribution in [3.8, 4) is 11.5 Å². The molecule has 9 heteroatoms. The second-order valence-electron chi connectivity index (χ2n) is 7.60. The number of amides is 1. The molecule has 1 aromatic heterocycles. The van der Waals surface area contributed by atoms with E-state index in [-0.39, 0.29) is 16.2 Å². The zero-order valence-electron chi connectivity index (χ0n) is 18.3. The van der Waals surface area contributed by atoms with Crippen LogP contribution in [-0.2, 0) is 10.0 Å². The van der Waals surface area contributed by atoms with Crippen LogP contribution in [0.2, 0.25) is 0 Å². The molecule has 2 aromatic carbocycles. The fourth-order valence-electron chi connectivity index (χ4n) is 3.66. The van der Waals surface area contributed by atoms with E-state index in [9.17, 15) is 13.2 Å². The lowest BCUT2D eigenvalue weighted by Crippen LogP contribution is -2.41. The van der Waals surface area contributed by atoms with Crippen molar-refractivity contribution in [2.75, 3.05) is 24.4 Å². The van der Waals surface area contributed by atoms with Gasteiger partial charge in [0, 0.05) is 37.2 Å². The number of rotatable bonds is 8. The largest absolute Gasteiger partial charge is 0.490 e. The first-order valence-corrected chi connectivity index (χ1v) is 13.2. The summed E-state index contributed by atoms with van der Waals surface area (Å²) in [5.74, 6) is 1.38. The van der Waals surface area contributed by atoms with Crippen LogP contribution in [0.4, 0.5) is 5.69 Å². The fourth-order valence-corrected chi connectivity index (χ4v) is 5.72. The van der Waals surface area contributed by atoms with Crippen molar-refractivity contribution in [3.05, 3.63) is 71.6 Å². The van der Waals surface area contributed by atoms with E-state index in [2.05, 4.69) is 4.72 Å². The van der Waals surface area contributed by atoms with Crippen LogP contribution in [0.3, 0.4) is 0 Å². The third kappa shape index (κ3) is 5.66. The maximum Gasteiger partial charge on any atom is 0.271 e. The second kappa shape index (κ2) is 10.3. The van der Waals surface area contributed by atoms with Crippen LogP contribution in [0.1, 0.15) is 30.1 Å². The minimum atomic E-state index is -3.61. The summed E-state index contributed by atoms with van der Waals surface area (Å²) in [5, 5.41) is 1.71. The number of nitrogens with zero attached hydrogens (tertiary/aromatic N) is 1. The summed E-state index contributed by atoms with van der Waals surface area (Å²) in [6.45, 7) is 3.69. The molecule has 1 amide bonds. The number of nitrogens with one attached hydrogen (secondary N) is 1. The molecule has 1 N–H and O–H groups in total. The predicted molar refractivity (Wildman–Crippen MR) is 129 cm³/mol. The van der Waals surface area contributed by atoms with Crippen molar-refractivity contribution in [2.24, 2.45) is 0 Å². The molecule has 33 heavy (non-hydrogen) atoms. The number of anilines is 1. The van der Waals surface area contributed by atoms with Gasteiger partial charge in [-0.05, 0) is 54.8 Å². The molecule has 0 saturated carbocycles. The third-order valence-corrected chi connectivity index (χ3v) is 8.09. The van der Waals surface area contributed by atoms with Crippen molar-refractivity contribution in [2.45, 2.75) is 30.1 Å². The van der Waals surface area contributed by atoms with Crippen molar-refractivity contribution in [1.82, 2.24) is 4.90 Å². The highest BCUT2D eigenvalue weighted by Gasteiger charge is 2.25. The van der Waals surface area contributed by atoms with Crippen LogP contribution >= 0.6 is 11.3 Å². The molecule has 1 aliphatic heterocycles. The first-order chi connectivity index (χ1) is 16.0. The van der Waals surface area contributed by atoms with Gasteiger partial charge in [-0.1, -0.05) is 18.2 Å². The Balaban J connectivity index is 1.32. The van der Waals surface area contributed by atoms with Gasteiger partial charge in [0.2, 0.25) is 0 Å². The first kappa shape index (κ1) is 23.1. The van der Waals surface area contributed by atoms with Crippen LogP contribution in [0.5, 0.6) is 11.5 Å². The van der Waals surface area contributed by atoms with E-state index < -0.39 is 10.0 Å². The van der Waals surface area contributed by atoms with Crippen LogP contribution in [0, 0.1) is 0 Å². The summed E-state index contributed by atoms with van der Waals surface area (Å²) >= 11 is 1.15. The van der Waals surface area contributed by atoms with E-state index in [1.807, 2.05) is 31.2 Å². The monoisotopic (exact) mass is 486 g/mol. The second-order valence-corrected chi connectivity index (χ2v) is 10.5. The Kier molecular flexibility index (Phi) is 7.20. The zero-order valence-corrected chi connectivity index (χ0v) is 19.9. The number of benzene rings is 2. The molecule has 0 bridgehead atoms. The SMILES string of the molecule is CCOc1ccccc1OC1CCN(C(=O)c2ccc(NS(=O)(=O)c3cccs3)cc2)CC1. The number of ether oxygens (including phenoxy) is 2. The number of carbonyl (C=O) groups is 1. The smallest absolute Gasteiger partial charge is 0.271 e. The third-order valence-electron chi connectivity index (χ3n) is 5.32. The van der Waals surface area contributed by atoms with E-state index in [1.54, 1.807) is 46.7 Å². The average Bonchev–Trinajstić information content (AvgIpc) is 3.37. The molecule has 1 fully saturated rings. The fraction of sp³-hybridized carbons (Fsp3) is 0.292. The molecule has 0 atom stereocenters. The topological polar surface area (TPSA) is 84.9 Å². The summed E-state index contributed by atoms with van der Waals surface area (Å²) in [6, 6.07) is 17.4. The molecule has 0 unspecified atom stereocenters. The van der Waals surface area contributed by atoms with Gasteiger partial charge in [-0.2, -0.15) is 0 Å². The lowest BCUT2D eigenvalue weighted by atomic mass is 10.1. The van der Waals surface area contributed by atoms with Crippen LogP contribution < -0.4 is 14.2 Å². The normalized spacial score (nSPS) is 14.6. The van der Waals surface area contributed by atoms with Crippen molar-refractivity contribution >= 4 is 33.0 Å². The molecule has 0 aliphatic carbocycles. The Bertz CT molecular complexity index is 1170. The number of para-hydroxylation sites is 2. The Morgan fingerprint density at radius 1 is 1.03 bits per heavy atom. The van der Waals surface area contributed by atoms with Gasteiger partial charge < -0.3 is 14.4 Å². The Morgan fingerprint density at radius 2 is 1.73 bits per heavy atom. The molecule has 7 nitrogen and oxygen atoms in total. The number of piperidine rings is 1. The molecular formula is C24H26N2O5S2. The van der Waals surface area contributed by atoms with E-state index in [4.69, 9.17) is 9.47 Å². The minimum absolute atomic E-state index is 0.0182. The number of sulfonamides is 1. The maximum absolute atomic E-state index is 12.9. The van der Waals surface area contributed by atoms with Crippen LogP contribution in [0.15, 0.2) is 70.3 Å². The lowest BCUT2D eigenvalue weighted by Gasteiger charge is -2.32. The number of hydrogen-bond acceptors (Lipinski definition) is 6. The Labute approximate surface area is 198 Å². The number of hydrogen-bond donors (Lipinski definition) is 1. The van der Waals surface area contributed by atoms with Gasteiger partial charge in [-0.25, -0.2) is 8.42 Å². The average molecular weight is 487 g/mol. The highest BCUT2D eigenvalue weighted by Crippen LogP contribution is 2.29. The molecular weight excluding hydrogens is 460 g/mol. The van der Waals surface area contributed by atoms with Gasteiger partial charge in [-0.15, -0.1) is 11.3 Å². The lowest BCUT2D eigenvalue weighted by molar-refractivity contribution is 0.0589. The number of thiophene rings is 1. The van der Waals surface area contributed by atoms with Gasteiger partial charge in [0.05, 0.1) is 6.61 Å². The summed E-state index contributed by atoms with van der Waals surface area (Å²) in [6.07, 6.45) is 1.47. The van der Waals surface area contributed by atoms with Crippen molar-refractivity contribution < 1.29 is 22.7 Å². The van der Waals surface area contributed by atoms with Gasteiger partial charge >= 0.3 is 0 Å². The summed E-state index contributed by atoms with van der Waals surface area (Å²) in [4.78, 5) is 14.7. The predicted octanol–water partition coefficient (Wildman–Crippen LogP) is 4.63. The summed E-state index contributed by atoms with van der Waals surface area (Å²) in [7, 11) is -3.61. The van der Waals surface area contributed by atoms with Crippen molar-refractivity contribution in [1.29, 1.82) is 0 Å². The van der Waals surface area contributed by atoms with Gasteiger partial charge in [0.25, 0.3) is 15.9 Å². The molecule has 174 valence electrons. The molecule has 4 rings (SSSR count). The van der Waals surface area contributed by atoms with E-state index in [0.29, 0.717) is 30.9 Å². The minimum Gasteiger partial charge on any atom is -0.490 e. The molecule has 1 aliphatic rings. The van der Waals surface area contributed by atoms with Gasteiger partial charge in [0.15, 0.2) is 11.5 Å². The molecule has 0 spiro atoms. The molecule has 2 heterocycles. The highest BCUT2D eigenvalue weighted by atomic mass is 32.2. The number of likely N-dealkylation sites (tertiary alicyclic amines) is 1. The first-order valence-electron chi connectivity index (χ1n) is 10.8. The molecule has 3 aromatic rings. The zero-order chi connectivity index (χ0) is 23.3. The van der Waals surface area contributed by atoms with Crippen LogP contribution in [0.25, 0.3) is 0 Å².